The van der Waals surface area contributed by atoms with Crippen molar-refractivity contribution < 1.29 is 14.3 Å². The maximum absolute atomic E-state index is 12.7. The Balaban J connectivity index is 1.32. The Morgan fingerprint density at radius 3 is 2.94 bits per heavy atom. The smallest absolute Gasteiger partial charge is 0.317 e. The van der Waals surface area contributed by atoms with E-state index in [-0.39, 0.29) is 12.6 Å². The lowest BCUT2D eigenvalue weighted by molar-refractivity contribution is 0.181. The second-order valence-electron chi connectivity index (χ2n) is 7.54. The van der Waals surface area contributed by atoms with Gasteiger partial charge in [0.25, 0.3) is 0 Å². The van der Waals surface area contributed by atoms with Crippen molar-refractivity contribution >= 4 is 17.1 Å². The third-order valence-electron chi connectivity index (χ3n) is 5.69. The Morgan fingerprint density at radius 1 is 1.32 bits per heavy atom. The van der Waals surface area contributed by atoms with Crippen molar-refractivity contribution in [1.82, 2.24) is 20.2 Å². The summed E-state index contributed by atoms with van der Waals surface area (Å²) in [6.07, 6.45) is 11.0. The molecule has 31 heavy (non-hydrogen) atoms. The average molecular weight is 418 g/mol. The van der Waals surface area contributed by atoms with Crippen LogP contribution in [-0.4, -0.2) is 47.7 Å². The molecule has 1 fully saturated rings. The number of nitrogens with zero attached hydrogens (tertiary/aromatic N) is 2. The highest BCUT2D eigenvalue weighted by molar-refractivity contribution is 5.80. The number of urea groups is 1. The summed E-state index contributed by atoms with van der Waals surface area (Å²) in [5, 5.41) is 4.18. The van der Waals surface area contributed by atoms with Gasteiger partial charge in [0.1, 0.15) is 12.3 Å². The van der Waals surface area contributed by atoms with Crippen LogP contribution in [0.4, 0.5) is 4.79 Å². The molecular weight excluding hydrogens is 392 g/mol. The van der Waals surface area contributed by atoms with Crippen LogP contribution in [0.25, 0.3) is 11.0 Å². The molecule has 7 nitrogen and oxygen atoms in total. The summed E-state index contributed by atoms with van der Waals surface area (Å²) in [5.41, 5.74) is 3.13. The zero-order chi connectivity index (χ0) is 21.6. The van der Waals surface area contributed by atoms with Gasteiger partial charge in [0, 0.05) is 37.4 Å². The van der Waals surface area contributed by atoms with Crippen LogP contribution in [0.5, 0.6) is 11.5 Å². The molecule has 160 valence electrons. The summed E-state index contributed by atoms with van der Waals surface area (Å²) < 4.78 is 10.8. The molecule has 1 aromatic carbocycles. The number of H-pyrrole nitrogens is 1. The second-order valence-corrected chi connectivity index (χ2v) is 7.54. The van der Waals surface area contributed by atoms with Crippen molar-refractivity contribution in [1.29, 1.82) is 0 Å². The number of benzene rings is 1. The lowest BCUT2D eigenvalue weighted by atomic mass is 9.89. The number of pyridine rings is 1. The number of aromatic nitrogens is 2. The van der Waals surface area contributed by atoms with Crippen LogP contribution in [0.2, 0.25) is 0 Å². The Morgan fingerprint density at radius 2 is 2.16 bits per heavy atom. The minimum Gasteiger partial charge on any atom is -0.493 e. The molecule has 2 amide bonds. The number of rotatable bonds is 6. The van der Waals surface area contributed by atoms with Gasteiger partial charge in [-0.05, 0) is 54.2 Å². The van der Waals surface area contributed by atoms with Crippen molar-refractivity contribution in [2.75, 3.05) is 26.8 Å². The van der Waals surface area contributed by atoms with E-state index in [4.69, 9.17) is 15.9 Å². The standard InChI is InChI=1S/C24H26N4O3/c1-3-13-31-22-14-17(6-7-21(22)30-2)15-27-24(29)28-11-8-18(9-12-28)20-16-26-23-19(20)5-4-10-25-23/h1,4-7,10,14,16,18H,8-9,11-13,15H2,2H3,(H,25,26)(H,27,29). The first-order chi connectivity index (χ1) is 15.2. The fourth-order valence-electron chi connectivity index (χ4n) is 4.06. The predicted octanol–water partition coefficient (Wildman–Crippen LogP) is 3.67. The van der Waals surface area contributed by atoms with Crippen molar-refractivity contribution in [3.8, 4) is 23.8 Å². The number of fused-ring (bicyclic) bond motifs is 1. The number of hydrogen-bond acceptors (Lipinski definition) is 4. The molecule has 7 heteroatoms. The highest BCUT2D eigenvalue weighted by atomic mass is 16.5. The molecule has 0 aliphatic carbocycles. The van der Waals surface area contributed by atoms with Crippen molar-refractivity contribution in [2.24, 2.45) is 0 Å². The van der Waals surface area contributed by atoms with Gasteiger partial charge in [0.05, 0.1) is 7.11 Å². The van der Waals surface area contributed by atoms with Crippen LogP contribution in [0, 0.1) is 12.3 Å². The van der Waals surface area contributed by atoms with Crippen LogP contribution < -0.4 is 14.8 Å². The first-order valence-electron chi connectivity index (χ1n) is 10.4. The highest BCUT2D eigenvalue weighted by Gasteiger charge is 2.25. The molecular formula is C24H26N4O3. The predicted molar refractivity (Wildman–Crippen MR) is 119 cm³/mol. The number of ether oxygens (including phenoxy) is 2. The van der Waals surface area contributed by atoms with E-state index < -0.39 is 0 Å². The van der Waals surface area contributed by atoms with E-state index in [1.54, 1.807) is 13.3 Å². The maximum atomic E-state index is 12.7. The summed E-state index contributed by atoms with van der Waals surface area (Å²) >= 11 is 0. The summed E-state index contributed by atoms with van der Waals surface area (Å²) in [5.74, 6) is 4.06. The zero-order valence-electron chi connectivity index (χ0n) is 17.6. The summed E-state index contributed by atoms with van der Waals surface area (Å²) in [6.45, 7) is 2.02. The molecule has 3 heterocycles. The van der Waals surface area contributed by atoms with E-state index in [0.29, 0.717) is 24.0 Å². The number of methoxy groups -OCH3 is 1. The third kappa shape index (κ3) is 4.58. The number of carbonyl (C=O) groups excluding carboxylic acids is 1. The Kier molecular flexibility index (Phi) is 6.27. The van der Waals surface area contributed by atoms with Gasteiger partial charge in [-0.15, -0.1) is 6.42 Å². The lowest BCUT2D eigenvalue weighted by Crippen LogP contribution is -2.43. The minimum atomic E-state index is -0.0547. The zero-order valence-corrected chi connectivity index (χ0v) is 17.6. The molecule has 0 atom stereocenters. The first kappa shape index (κ1) is 20.6. The third-order valence-corrected chi connectivity index (χ3v) is 5.69. The number of amides is 2. The van der Waals surface area contributed by atoms with Gasteiger partial charge in [-0.1, -0.05) is 12.0 Å². The van der Waals surface area contributed by atoms with Crippen LogP contribution in [-0.2, 0) is 6.54 Å². The normalized spacial score (nSPS) is 14.3. The van der Waals surface area contributed by atoms with E-state index in [1.807, 2.05) is 29.2 Å². The number of hydrogen-bond donors (Lipinski definition) is 2. The molecule has 0 bridgehead atoms. The van der Waals surface area contributed by atoms with Gasteiger partial charge in [-0.3, -0.25) is 0 Å². The topological polar surface area (TPSA) is 79.5 Å². The molecule has 0 saturated carbocycles. The van der Waals surface area contributed by atoms with E-state index in [9.17, 15) is 4.79 Å². The maximum Gasteiger partial charge on any atom is 0.317 e. The molecule has 0 unspecified atom stereocenters. The van der Waals surface area contributed by atoms with Crippen LogP contribution in [0.15, 0.2) is 42.7 Å². The summed E-state index contributed by atoms with van der Waals surface area (Å²) in [4.78, 5) is 22.2. The van der Waals surface area contributed by atoms with Crippen molar-refractivity contribution in [2.45, 2.75) is 25.3 Å². The Bertz CT molecular complexity index is 1090. The van der Waals surface area contributed by atoms with Gasteiger partial charge in [-0.2, -0.15) is 0 Å². The van der Waals surface area contributed by atoms with Gasteiger partial charge in [0.15, 0.2) is 11.5 Å². The van der Waals surface area contributed by atoms with Gasteiger partial charge >= 0.3 is 6.03 Å². The molecule has 3 aromatic rings. The number of terminal acetylenes is 1. The molecule has 0 spiro atoms. The molecule has 0 radical (unpaired) electrons. The van der Waals surface area contributed by atoms with Gasteiger partial charge in [-0.25, -0.2) is 9.78 Å². The number of carbonyl (C=O) groups is 1. The van der Waals surface area contributed by atoms with E-state index in [0.717, 1.165) is 37.1 Å². The highest BCUT2D eigenvalue weighted by Crippen LogP contribution is 2.32. The Hall–Kier alpha value is -3.66. The summed E-state index contributed by atoms with van der Waals surface area (Å²) in [6, 6.07) is 9.57. The average Bonchev–Trinajstić information content (AvgIpc) is 3.25. The fourth-order valence-corrected chi connectivity index (χ4v) is 4.06. The van der Waals surface area contributed by atoms with Crippen LogP contribution >= 0.6 is 0 Å². The monoisotopic (exact) mass is 418 g/mol. The van der Waals surface area contributed by atoms with Crippen LogP contribution in [0.3, 0.4) is 0 Å². The Labute approximate surface area is 181 Å². The quantitative estimate of drug-likeness (QED) is 0.599. The first-order valence-corrected chi connectivity index (χ1v) is 10.4. The fraction of sp³-hybridized carbons (Fsp3) is 0.333. The van der Waals surface area contributed by atoms with Crippen LogP contribution in [0.1, 0.15) is 29.9 Å². The number of likely N-dealkylation sites (tertiary alicyclic amines) is 1. The van der Waals surface area contributed by atoms with Crippen molar-refractivity contribution in [3.05, 3.63) is 53.9 Å². The second kappa shape index (κ2) is 9.43. The van der Waals surface area contributed by atoms with E-state index in [2.05, 4.69) is 33.5 Å². The SMILES string of the molecule is C#CCOc1cc(CNC(=O)N2CCC(c3c[nH]c4ncccc34)CC2)ccc1OC. The molecule has 1 aliphatic heterocycles. The lowest BCUT2D eigenvalue weighted by Gasteiger charge is -2.32. The van der Waals surface area contributed by atoms with Gasteiger partial charge in [0.2, 0.25) is 0 Å². The number of aromatic amines is 1. The van der Waals surface area contributed by atoms with Crippen molar-refractivity contribution in [3.63, 3.8) is 0 Å². The minimum absolute atomic E-state index is 0.0547. The molecule has 2 N–H and O–H groups in total. The molecule has 2 aromatic heterocycles. The molecule has 4 rings (SSSR count). The molecule has 1 aliphatic rings. The molecule has 1 saturated heterocycles. The number of piperidine rings is 1. The van der Waals surface area contributed by atoms with Gasteiger partial charge < -0.3 is 24.7 Å². The number of nitrogens with one attached hydrogen (secondary N) is 2. The van der Waals surface area contributed by atoms with E-state index in [1.165, 1.54) is 10.9 Å². The summed E-state index contributed by atoms with van der Waals surface area (Å²) in [7, 11) is 1.58. The van der Waals surface area contributed by atoms with E-state index >= 15 is 0 Å². The largest absolute Gasteiger partial charge is 0.493 e.